The predicted molar refractivity (Wildman–Crippen MR) is 90.0 cm³/mol. The molecule has 0 heterocycles. The van der Waals surface area contributed by atoms with Gasteiger partial charge in [0.15, 0.2) is 0 Å². The zero-order chi connectivity index (χ0) is 19.0. The number of carbonyl (C=O) groups is 4. The van der Waals surface area contributed by atoms with Gasteiger partial charge in [-0.15, -0.1) is 0 Å². The van der Waals surface area contributed by atoms with E-state index in [1.165, 1.54) is 26.0 Å². The first-order valence-electron chi connectivity index (χ1n) is 7.83. The van der Waals surface area contributed by atoms with E-state index in [1.54, 1.807) is 19.1 Å². The average Bonchev–Trinajstić information content (AvgIpc) is 2.54. The Kier molecular flexibility index (Phi) is 7.58. The Morgan fingerprint density at radius 3 is 2.40 bits per heavy atom. The first kappa shape index (κ1) is 20.1. The van der Waals surface area contributed by atoms with Crippen molar-refractivity contribution in [1.82, 2.24) is 5.32 Å². The second kappa shape index (κ2) is 9.41. The van der Waals surface area contributed by atoms with Gasteiger partial charge in [0, 0.05) is 6.92 Å². The fourth-order valence-corrected chi connectivity index (χ4v) is 2.17. The van der Waals surface area contributed by atoms with Crippen LogP contribution in [0.4, 0.5) is 5.69 Å². The summed E-state index contributed by atoms with van der Waals surface area (Å²) in [5.74, 6) is -3.49. The zero-order valence-electron chi connectivity index (χ0n) is 14.4. The van der Waals surface area contributed by atoms with Crippen molar-refractivity contribution in [3.63, 3.8) is 0 Å². The summed E-state index contributed by atoms with van der Waals surface area (Å²) in [7, 11) is 0. The molecule has 0 aliphatic heterocycles. The maximum Gasteiger partial charge on any atom is 0.326 e. The molecule has 1 aromatic carbocycles. The molecule has 3 N–H and O–H groups in total. The quantitative estimate of drug-likeness (QED) is 0.610. The van der Waals surface area contributed by atoms with Crippen molar-refractivity contribution >= 4 is 29.4 Å². The predicted octanol–water partition coefficient (Wildman–Crippen LogP) is 1.42. The van der Waals surface area contributed by atoms with Crippen molar-refractivity contribution in [2.24, 2.45) is 5.92 Å². The molecule has 0 bridgehead atoms. The van der Waals surface area contributed by atoms with Crippen LogP contribution in [-0.2, 0) is 19.1 Å². The molecular formula is C17H22N2O6. The van der Waals surface area contributed by atoms with Gasteiger partial charge in [-0.05, 0) is 25.5 Å². The third-order valence-corrected chi connectivity index (χ3v) is 3.36. The number of hydrogen-bond acceptors (Lipinski definition) is 5. The highest BCUT2D eigenvalue weighted by Crippen LogP contribution is 2.16. The van der Waals surface area contributed by atoms with Gasteiger partial charge < -0.3 is 20.5 Å². The maximum atomic E-state index is 12.4. The molecule has 2 amide bonds. The van der Waals surface area contributed by atoms with Crippen molar-refractivity contribution in [1.29, 1.82) is 0 Å². The van der Waals surface area contributed by atoms with Crippen LogP contribution in [-0.4, -0.2) is 41.5 Å². The summed E-state index contributed by atoms with van der Waals surface area (Å²) in [4.78, 5) is 46.7. The second-order valence-corrected chi connectivity index (χ2v) is 5.48. The summed E-state index contributed by atoms with van der Waals surface area (Å²) in [6.07, 6.45) is -0.109. The minimum Gasteiger partial charge on any atom is -0.480 e. The number of rotatable bonds is 8. The molecule has 0 spiro atoms. The van der Waals surface area contributed by atoms with E-state index >= 15 is 0 Å². The standard InChI is InChI=1S/C17H22N2O6/c1-4-25-17(24)10(2)9-14(16(22)23)19-15(21)12-7-5-6-8-13(12)18-11(3)20/h5-8,10,14H,4,9H2,1-3H3,(H,18,20)(H,19,21)(H,22,23)/t10-,14+/m0/s1. The fraction of sp³-hybridized carbons (Fsp3) is 0.412. The molecule has 0 saturated carbocycles. The molecular weight excluding hydrogens is 328 g/mol. The lowest BCUT2D eigenvalue weighted by Crippen LogP contribution is -2.43. The number of benzene rings is 1. The molecule has 1 aromatic rings. The zero-order valence-corrected chi connectivity index (χ0v) is 14.4. The Hall–Kier alpha value is -2.90. The highest BCUT2D eigenvalue weighted by atomic mass is 16.5. The van der Waals surface area contributed by atoms with E-state index in [4.69, 9.17) is 4.74 Å². The number of ether oxygens (including phenoxy) is 1. The van der Waals surface area contributed by atoms with E-state index in [0.29, 0.717) is 0 Å². The topological polar surface area (TPSA) is 122 Å². The number of hydrogen-bond donors (Lipinski definition) is 3. The number of para-hydroxylation sites is 1. The lowest BCUT2D eigenvalue weighted by molar-refractivity contribution is -0.148. The summed E-state index contributed by atoms with van der Waals surface area (Å²) >= 11 is 0. The van der Waals surface area contributed by atoms with Crippen LogP contribution in [0.3, 0.4) is 0 Å². The van der Waals surface area contributed by atoms with E-state index in [2.05, 4.69) is 10.6 Å². The molecule has 2 atom stereocenters. The molecule has 0 saturated heterocycles. The van der Waals surface area contributed by atoms with Crippen LogP contribution >= 0.6 is 0 Å². The Balaban J connectivity index is 2.89. The minimum atomic E-state index is -1.27. The van der Waals surface area contributed by atoms with Crippen molar-refractivity contribution in [3.8, 4) is 0 Å². The number of esters is 1. The Morgan fingerprint density at radius 2 is 1.84 bits per heavy atom. The van der Waals surface area contributed by atoms with Gasteiger partial charge in [0.2, 0.25) is 5.91 Å². The molecule has 0 aromatic heterocycles. The molecule has 25 heavy (non-hydrogen) atoms. The van der Waals surface area contributed by atoms with E-state index in [1.807, 2.05) is 0 Å². The summed E-state index contributed by atoms with van der Waals surface area (Å²) in [6.45, 7) is 4.68. The molecule has 8 nitrogen and oxygen atoms in total. The molecule has 8 heteroatoms. The van der Waals surface area contributed by atoms with Gasteiger partial charge in [0.25, 0.3) is 5.91 Å². The van der Waals surface area contributed by atoms with Gasteiger partial charge in [0.1, 0.15) is 6.04 Å². The molecule has 0 fully saturated rings. The van der Waals surface area contributed by atoms with Crippen LogP contribution in [0.25, 0.3) is 0 Å². The lowest BCUT2D eigenvalue weighted by Gasteiger charge is -2.19. The molecule has 0 aliphatic rings. The average molecular weight is 350 g/mol. The van der Waals surface area contributed by atoms with Crippen molar-refractivity contribution in [3.05, 3.63) is 29.8 Å². The Morgan fingerprint density at radius 1 is 1.20 bits per heavy atom. The van der Waals surface area contributed by atoms with Crippen LogP contribution in [0.1, 0.15) is 37.6 Å². The second-order valence-electron chi connectivity index (χ2n) is 5.48. The number of carbonyl (C=O) groups excluding carboxylic acids is 3. The molecule has 0 radical (unpaired) electrons. The van der Waals surface area contributed by atoms with Gasteiger partial charge >= 0.3 is 11.9 Å². The smallest absolute Gasteiger partial charge is 0.326 e. The van der Waals surface area contributed by atoms with Gasteiger partial charge in [-0.3, -0.25) is 14.4 Å². The van der Waals surface area contributed by atoms with Crippen LogP contribution in [0.15, 0.2) is 24.3 Å². The van der Waals surface area contributed by atoms with E-state index in [9.17, 15) is 24.3 Å². The van der Waals surface area contributed by atoms with Crippen LogP contribution in [0.5, 0.6) is 0 Å². The van der Waals surface area contributed by atoms with E-state index in [0.717, 1.165) is 0 Å². The summed E-state index contributed by atoms with van der Waals surface area (Å²) in [5.41, 5.74) is 0.405. The third-order valence-electron chi connectivity index (χ3n) is 3.36. The highest BCUT2D eigenvalue weighted by Gasteiger charge is 2.27. The van der Waals surface area contributed by atoms with Crippen LogP contribution in [0.2, 0.25) is 0 Å². The number of carboxylic acid groups (broad SMARTS) is 1. The molecule has 1 rings (SSSR count). The van der Waals surface area contributed by atoms with Gasteiger partial charge in [-0.2, -0.15) is 0 Å². The maximum absolute atomic E-state index is 12.4. The normalized spacial score (nSPS) is 12.6. The number of anilines is 1. The number of nitrogens with one attached hydrogen (secondary N) is 2. The Bertz CT molecular complexity index is 658. The third kappa shape index (κ3) is 6.25. The molecule has 0 unspecified atom stereocenters. The van der Waals surface area contributed by atoms with Gasteiger partial charge in [-0.25, -0.2) is 4.79 Å². The highest BCUT2D eigenvalue weighted by molar-refractivity contribution is 6.04. The number of carboxylic acids is 1. The SMILES string of the molecule is CCOC(=O)[C@@H](C)C[C@@H](NC(=O)c1ccccc1NC(C)=O)C(=O)O. The van der Waals surface area contributed by atoms with Crippen LogP contribution in [0, 0.1) is 5.92 Å². The fourth-order valence-electron chi connectivity index (χ4n) is 2.17. The summed E-state index contributed by atoms with van der Waals surface area (Å²) in [6, 6.07) is 4.97. The van der Waals surface area contributed by atoms with Gasteiger partial charge in [-0.1, -0.05) is 19.1 Å². The summed E-state index contributed by atoms with van der Waals surface area (Å²) in [5, 5.41) is 14.2. The first-order chi connectivity index (χ1) is 11.8. The van der Waals surface area contributed by atoms with Gasteiger partial charge in [0.05, 0.1) is 23.8 Å². The van der Waals surface area contributed by atoms with Crippen LogP contribution < -0.4 is 10.6 Å². The minimum absolute atomic E-state index is 0.109. The summed E-state index contributed by atoms with van der Waals surface area (Å²) < 4.78 is 4.84. The first-order valence-corrected chi connectivity index (χ1v) is 7.83. The molecule has 0 aliphatic carbocycles. The molecule has 136 valence electrons. The van der Waals surface area contributed by atoms with Crippen molar-refractivity contribution in [2.75, 3.05) is 11.9 Å². The van der Waals surface area contributed by atoms with Crippen molar-refractivity contribution < 1.29 is 29.0 Å². The largest absolute Gasteiger partial charge is 0.480 e. The Labute approximate surface area is 145 Å². The number of aliphatic carboxylic acids is 1. The lowest BCUT2D eigenvalue weighted by atomic mass is 10.0. The van der Waals surface area contributed by atoms with Crippen molar-refractivity contribution in [2.45, 2.75) is 33.2 Å². The number of amides is 2. The van der Waals surface area contributed by atoms with E-state index in [-0.39, 0.29) is 30.2 Å². The van der Waals surface area contributed by atoms with E-state index < -0.39 is 29.8 Å². The monoisotopic (exact) mass is 350 g/mol.